The molecule has 5 nitrogen and oxygen atoms in total. The highest BCUT2D eigenvalue weighted by atomic mass is 79.9. The van der Waals surface area contributed by atoms with E-state index < -0.39 is 0 Å². The molecule has 0 radical (unpaired) electrons. The molecule has 0 saturated carbocycles. The molecule has 0 atom stereocenters. The number of anilines is 2. The molecule has 2 rings (SSSR count). The van der Waals surface area contributed by atoms with E-state index in [0.717, 1.165) is 11.4 Å². The molecule has 0 aliphatic heterocycles. The number of hydrogen-bond acceptors (Lipinski definition) is 3. The van der Waals surface area contributed by atoms with Crippen molar-refractivity contribution in [3.05, 3.63) is 39.1 Å². The molecule has 1 amide bonds. The maximum absolute atomic E-state index is 12.5. The number of halogens is 2. The largest absolute Gasteiger partial charge is 0.375 e. The molecule has 22 heavy (non-hydrogen) atoms. The Morgan fingerprint density at radius 1 is 1.41 bits per heavy atom. The van der Waals surface area contributed by atoms with Gasteiger partial charge in [-0.05, 0) is 34.0 Å². The van der Waals surface area contributed by atoms with Gasteiger partial charge in [-0.25, -0.2) is 0 Å². The number of carbonyl (C=O) groups is 1. The summed E-state index contributed by atoms with van der Waals surface area (Å²) in [6, 6.07) is 5.39. The number of aromatic amines is 1. The van der Waals surface area contributed by atoms with E-state index in [-0.39, 0.29) is 11.8 Å². The molecule has 0 aliphatic rings. The number of amides is 1. The van der Waals surface area contributed by atoms with Crippen LogP contribution >= 0.6 is 27.5 Å². The number of rotatable bonds is 4. The van der Waals surface area contributed by atoms with Crippen LogP contribution in [0.25, 0.3) is 0 Å². The first-order chi connectivity index (χ1) is 10.3. The van der Waals surface area contributed by atoms with Crippen molar-refractivity contribution in [3.8, 4) is 0 Å². The number of hydrogen-bond donors (Lipinski definition) is 2. The lowest BCUT2D eigenvalue weighted by Crippen LogP contribution is -2.17. The third-order valence-electron chi connectivity index (χ3n) is 3.21. The van der Waals surface area contributed by atoms with Gasteiger partial charge < -0.3 is 10.2 Å². The van der Waals surface area contributed by atoms with Gasteiger partial charge >= 0.3 is 0 Å². The highest BCUT2D eigenvalue weighted by Crippen LogP contribution is 2.33. The Balaban J connectivity index is 2.32. The monoisotopic (exact) mass is 384 g/mol. The third kappa shape index (κ3) is 3.28. The smallest absolute Gasteiger partial charge is 0.277 e. The van der Waals surface area contributed by atoms with Crippen LogP contribution < -0.4 is 10.2 Å². The maximum atomic E-state index is 12.5. The van der Waals surface area contributed by atoms with Gasteiger partial charge in [-0.1, -0.05) is 31.5 Å². The van der Waals surface area contributed by atoms with E-state index >= 15 is 0 Å². The predicted octanol–water partition coefficient (Wildman–Crippen LogP) is 4.27. The third-order valence-corrected chi connectivity index (χ3v) is 4.31. The van der Waals surface area contributed by atoms with Crippen LogP contribution in [0, 0.1) is 0 Å². The summed E-state index contributed by atoms with van der Waals surface area (Å²) < 4.78 is 0.688. The first-order valence-corrected chi connectivity index (χ1v) is 8.01. The van der Waals surface area contributed by atoms with Gasteiger partial charge in [-0.3, -0.25) is 9.89 Å². The van der Waals surface area contributed by atoms with Crippen LogP contribution in [0.4, 0.5) is 11.4 Å². The molecule has 2 N–H and O–H groups in total. The minimum atomic E-state index is -0.291. The van der Waals surface area contributed by atoms with E-state index in [4.69, 9.17) is 11.6 Å². The quantitative estimate of drug-likeness (QED) is 0.826. The average molecular weight is 386 g/mol. The number of para-hydroxylation sites is 1. The first kappa shape index (κ1) is 16.8. The van der Waals surface area contributed by atoms with Crippen LogP contribution in [0.2, 0.25) is 5.02 Å². The summed E-state index contributed by atoms with van der Waals surface area (Å²) in [7, 11) is 3.75. The van der Waals surface area contributed by atoms with Gasteiger partial charge in [0.25, 0.3) is 5.91 Å². The Hall–Kier alpha value is -1.53. The molecule has 1 aromatic heterocycles. The highest BCUT2D eigenvalue weighted by Gasteiger charge is 2.21. The van der Waals surface area contributed by atoms with Gasteiger partial charge in [0.2, 0.25) is 0 Å². The summed E-state index contributed by atoms with van der Waals surface area (Å²) in [6.07, 6.45) is 0. The predicted molar refractivity (Wildman–Crippen MR) is 94.1 cm³/mol. The average Bonchev–Trinajstić information content (AvgIpc) is 2.80. The summed E-state index contributed by atoms with van der Waals surface area (Å²) in [5.74, 6) is -0.0488. The molecule has 1 aromatic carbocycles. The molecule has 0 aliphatic carbocycles. The van der Waals surface area contributed by atoms with Crippen molar-refractivity contribution >= 4 is 44.8 Å². The van der Waals surface area contributed by atoms with Crippen LogP contribution in [0.3, 0.4) is 0 Å². The van der Waals surface area contributed by atoms with Crippen LogP contribution in [0.5, 0.6) is 0 Å². The van der Waals surface area contributed by atoms with Crippen LogP contribution in [-0.4, -0.2) is 30.2 Å². The standard InChI is InChI=1S/C15H18BrClN4O/c1-8(2)12-11(16)13(20-19-12)15(22)18-10-7-5-6-9(17)14(10)21(3)4/h5-8H,1-4H3,(H,18,22)(H,19,20). The van der Waals surface area contributed by atoms with E-state index in [1.807, 2.05) is 38.9 Å². The molecule has 0 spiro atoms. The summed E-state index contributed by atoms with van der Waals surface area (Å²) in [5, 5.41) is 10.4. The summed E-state index contributed by atoms with van der Waals surface area (Å²) in [6.45, 7) is 4.06. The van der Waals surface area contributed by atoms with Crippen LogP contribution in [0.15, 0.2) is 22.7 Å². The van der Waals surface area contributed by atoms with Crippen molar-refractivity contribution in [1.82, 2.24) is 10.2 Å². The zero-order valence-electron chi connectivity index (χ0n) is 12.9. The summed E-state index contributed by atoms with van der Waals surface area (Å²) in [4.78, 5) is 14.3. The van der Waals surface area contributed by atoms with E-state index in [9.17, 15) is 4.79 Å². The highest BCUT2D eigenvalue weighted by molar-refractivity contribution is 9.10. The van der Waals surface area contributed by atoms with E-state index in [1.54, 1.807) is 12.1 Å². The lowest BCUT2D eigenvalue weighted by Gasteiger charge is -2.19. The van der Waals surface area contributed by atoms with Crippen molar-refractivity contribution in [2.75, 3.05) is 24.3 Å². The maximum Gasteiger partial charge on any atom is 0.277 e. The Morgan fingerprint density at radius 2 is 2.09 bits per heavy atom. The minimum absolute atomic E-state index is 0.243. The van der Waals surface area contributed by atoms with Crippen molar-refractivity contribution in [2.45, 2.75) is 19.8 Å². The van der Waals surface area contributed by atoms with Gasteiger partial charge in [0.15, 0.2) is 5.69 Å². The zero-order valence-corrected chi connectivity index (χ0v) is 15.2. The van der Waals surface area contributed by atoms with E-state index in [0.29, 0.717) is 20.9 Å². The Morgan fingerprint density at radius 3 is 2.64 bits per heavy atom. The second-order valence-electron chi connectivity index (χ2n) is 5.44. The number of carbonyl (C=O) groups excluding carboxylic acids is 1. The molecule has 7 heteroatoms. The van der Waals surface area contributed by atoms with Crippen molar-refractivity contribution in [2.24, 2.45) is 0 Å². The summed E-state index contributed by atoms with van der Waals surface area (Å²) >= 11 is 9.64. The topological polar surface area (TPSA) is 61.0 Å². The van der Waals surface area contributed by atoms with Gasteiger partial charge in [0, 0.05) is 14.1 Å². The number of nitrogens with zero attached hydrogens (tertiary/aromatic N) is 2. The van der Waals surface area contributed by atoms with E-state index in [1.165, 1.54) is 0 Å². The van der Waals surface area contributed by atoms with Crippen molar-refractivity contribution in [3.63, 3.8) is 0 Å². The van der Waals surface area contributed by atoms with Gasteiger partial charge in [0.05, 0.1) is 26.6 Å². The van der Waals surface area contributed by atoms with Crippen LogP contribution in [0.1, 0.15) is 35.9 Å². The number of H-pyrrole nitrogens is 1. The molecular weight excluding hydrogens is 368 g/mol. The SMILES string of the molecule is CC(C)c1[nH]nc(C(=O)Nc2cccc(Cl)c2N(C)C)c1Br. The molecule has 118 valence electrons. The lowest BCUT2D eigenvalue weighted by atomic mass is 10.1. The fraction of sp³-hybridized carbons (Fsp3) is 0.333. The van der Waals surface area contributed by atoms with E-state index in [2.05, 4.69) is 31.4 Å². The summed E-state index contributed by atoms with van der Waals surface area (Å²) in [5.41, 5.74) is 2.62. The second-order valence-corrected chi connectivity index (χ2v) is 6.64. The second kappa shape index (κ2) is 6.71. The zero-order chi connectivity index (χ0) is 16.4. The normalized spacial score (nSPS) is 10.9. The van der Waals surface area contributed by atoms with Gasteiger partial charge in [0.1, 0.15) is 0 Å². The Bertz CT molecular complexity index is 697. The number of benzene rings is 1. The lowest BCUT2D eigenvalue weighted by molar-refractivity contribution is 0.102. The van der Waals surface area contributed by atoms with Crippen LogP contribution in [-0.2, 0) is 0 Å². The minimum Gasteiger partial charge on any atom is -0.375 e. The molecule has 0 unspecified atom stereocenters. The van der Waals surface area contributed by atoms with Gasteiger partial charge in [-0.2, -0.15) is 5.10 Å². The number of nitrogens with one attached hydrogen (secondary N) is 2. The Labute approximate surface area is 143 Å². The molecule has 0 bridgehead atoms. The van der Waals surface area contributed by atoms with Crippen molar-refractivity contribution in [1.29, 1.82) is 0 Å². The molecule has 0 saturated heterocycles. The molecule has 0 fully saturated rings. The van der Waals surface area contributed by atoms with Crippen molar-refractivity contribution < 1.29 is 4.79 Å². The molecular formula is C15H18BrClN4O. The fourth-order valence-electron chi connectivity index (χ4n) is 2.13. The van der Waals surface area contributed by atoms with Gasteiger partial charge in [-0.15, -0.1) is 0 Å². The Kier molecular flexibility index (Phi) is 5.13. The fourth-order valence-corrected chi connectivity index (χ4v) is 3.29. The first-order valence-electron chi connectivity index (χ1n) is 6.83. The molecule has 1 heterocycles. The number of aromatic nitrogens is 2. The molecule has 2 aromatic rings.